The molecule has 0 spiro atoms. The van der Waals surface area contributed by atoms with E-state index in [1.165, 1.54) is 10.4 Å². The number of carbonyl (C=O) groups is 1. The van der Waals surface area contributed by atoms with Crippen LogP contribution in [-0.4, -0.2) is 29.2 Å². The maximum Gasteiger partial charge on any atom is 0.263 e. The summed E-state index contributed by atoms with van der Waals surface area (Å²) in [6.07, 6.45) is 0. The van der Waals surface area contributed by atoms with Crippen LogP contribution in [0.1, 0.15) is 27.0 Å². The van der Waals surface area contributed by atoms with Crippen molar-refractivity contribution < 1.29 is 4.79 Å². The second-order valence-electron chi connectivity index (χ2n) is 3.82. The summed E-state index contributed by atoms with van der Waals surface area (Å²) in [6, 6.07) is 1.97. The molecule has 0 aliphatic rings. The van der Waals surface area contributed by atoms with Crippen molar-refractivity contribution in [2.45, 2.75) is 25.6 Å². The summed E-state index contributed by atoms with van der Waals surface area (Å²) in [5.74, 6) is 0.113. The van der Waals surface area contributed by atoms with Gasteiger partial charge in [0.15, 0.2) is 0 Å². The van der Waals surface area contributed by atoms with Crippen molar-refractivity contribution in [2.24, 2.45) is 0 Å². The molecule has 1 aromatic heterocycles. The summed E-state index contributed by atoms with van der Waals surface area (Å²) >= 11 is 5.02. The average Bonchev–Trinajstić information content (AvgIpc) is 2.44. The highest BCUT2D eigenvalue weighted by molar-refractivity contribution is 9.09. The molecule has 0 radical (unpaired) electrons. The smallest absolute Gasteiger partial charge is 0.263 e. The van der Waals surface area contributed by atoms with E-state index in [-0.39, 0.29) is 5.91 Å². The van der Waals surface area contributed by atoms with Gasteiger partial charge in [-0.15, -0.1) is 11.3 Å². The van der Waals surface area contributed by atoms with E-state index in [0.29, 0.717) is 4.83 Å². The molecule has 2 nitrogen and oxygen atoms in total. The van der Waals surface area contributed by atoms with E-state index in [1.807, 2.05) is 33.9 Å². The summed E-state index contributed by atoms with van der Waals surface area (Å²) in [5, 5.41) is 0. The molecule has 1 heterocycles. The fourth-order valence-electron chi connectivity index (χ4n) is 1.33. The van der Waals surface area contributed by atoms with Crippen molar-refractivity contribution in [3.8, 4) is 0 Å². The molecule has 0 saturated heterocycles. The van der Waals surface area contributed by atoms with Crippen LogP contribution >= 0.6 is 27.3 Å². The Balaban J connectivity index is 2.76. The molecule has 0 saturated carbocycles. The molecule has 1 rings (SSSR count). The Hall–Kier alpha value is -0.350. The van der Waals surface area contributed by atoms with Crippen molar-refractivity contribution >= 4 is 33.2 Å². The van der Waals surface area contributed by atoms with Crippen LogP contribution in [-0.2, 0) is 0 Å². The van der Waals surface area contributed by atoms with E-state index in [2.05, 4.69) is 15.9 Å². The van der Waals surface area contributed by atoms with Crippen LogP contribution in [0, 0.1) is 13.8 Å². The van der Waals surface area contributed by atoms with Gasteiger partial charge in [-0.25, -0.2) is 0 Å². The molecular formula is C11H16BrNOS. The van der Waals surface area contributed by atoms with Gasteiger partial charge < -0.3 is 4.90 Å². The maximum atomic E-state index is 12.0. The summed E-state index contributed by atoms with van der Waals surface area (Å²) in [4.78, 5) is 16.1. The molecule has 0 N–H and O–H groups in total. The van der Waals surface area contributed by atoms with Gasteiger partial charge in [-0.2, -0.15) is 0 Å². The van der Waals surface area contributed by atoms with Crippen LogP contribution in [0.4, 0.5) is 0 Å². The zero-order valence-electron chi connectivity index (χ0n) is 9.50. The van der Waals surface area contributed by atoms with E-state index >= 15 is 0 Å². The van der Waals surface area contributed by atoms with Gasteiger partial charge in [0.25, 0.3) is 5.91 Å². The lowest BCUT2D eigenvalue weighted by molar-refractivity contribution is 0.0802. The lowest BCUT2D eigenvalue weighted by atomic mass is 10.2. The molecular weight excluding hydrogens is 274 g/mol. The van der Waals surface area contributed by atoms with Gasteiger partial charge in [0.2, 0.25) is 0 Å². The number of alkyl halides is 1. The highest BCUT2D eigenvalue weighted by atomic mass is 79.9. The number of carbonyl (C=O) groups excluding carboxylic acids is 1. The molecule has 1 atom stereocenters. The molecule has 1 unspecified atom stereocenters. The van der Waals surface area contributed by atoms with Crippen molar-refractivity contribution in [1.82, 2.24) is 4.90 Å². The molecule has 15 heavy (non-hydrogen) atoms. The van der Waals surface area contributed by atoms with E-state index in [4.69, 9.17) is 0 Å². The van der Waals surface area contributed by atoms with Crippen molar-refractivity contribution in [1.29, 1.82) is 0 Å². The minimum absolute atomic E-state index is 0.113. The number of thiophene rings is 1. The fourth-order valence-corrected chi connectivity index (χ4v) is 2.79. The molecule has 1 amide bonds. The van der Waals surface area contributed by atoms with Crippen LogP contribution < -0.4 is 0 Å². The monoisotopic (exact) mass is 289 g/mol. The van der Waals surface area contributed by atoms with Gasteiger partial charge in [0.05, 0.1) is 4.88 Å². The van der Waals surface area contributed by atoms with Gasteiger partial charge in [-0.05, 0) is 25.5 Å². The lowest BCUT2D eigenvalue weighted by Gasteiger charge is -2.17. The fraction of sp³-hybridized carbons (Fsp3) is 0.545. The quantitative estimate of drug-likeness (QED) is 0.783. The van der Waals surface area contributed by atoms with Crippen LogP contribution in [0.2, 0.25) is 0 Å². The predicted octanol–water partition coefficient (Wildman–Crippen LogP) is 3.22. The second-order valence-corrected chi connectivity index (χ2v) is 6.64. The first-order chi connectivity index (χ1) is 6.91. The standard InChI is InChI=1S/C11H16BrNOS/c1-7-5-10(15-9(7)3)11(14)13(4)6-8(2)12/h5,8H,6H2,1-4H3. The zero-order valence-corrected chi connectivity index (χ0v) is 11.9. The number of aryl methyl sites for hydroxylation is 2. The van der Waals surface area contributed by atoms with Crippen molar-refractivity contribution in [3.05, 3.63) is 21.4 Å². The summed E-state index contributed by atoms with van der Waals surface area (Å²) in [5.41, 5.74) is 1.20. The minimum Gasteiger partial charge on any atom is -0.340 e. The van der Waals surface area contributed by atoms with E-state index < -0.39 is 0 Å². The Morgan fingerprint density at radius 3 is 2.60 bits per heavy atom. The minimum atomic E-state index is 0.113. The van der Waals surface area contributed by atoms with Crippen molar-refractivity contribution in [3.63, 3.8) is 0 Å². The Morgan fingerprint density at radius 1 is 1.60 bits per heavy atom. The summed E-state index contributed by atoms with van der Waals surface area (Å²) in [6.45, 7) is 6.85. The number of rotatable bonds is 3. The Bertz CT molecular complexity index is 340. The topological polar surface area (TPSA) is 20.3 Å². The number of hydrogen-bond acceptors (Lipinski definition) is 2. The predicted molar refractivity (Wildman–Crippen MR) is 69.1 cm³/mol. The summed E-state index contributed by atoms with van der Waals surface area (Å²) in [7, 11) is 1.84. The van der Waals surface area contributed by atoms with Gasteiger partial charge >= 0.3 is 0 Å². The maximum absolute atomic E-state index is 12.0. The third-order valence-corrected chi connectivity index (χ3v) is 3.68. The van der Waals surface area contributed by atoms with Gasteiger partial charge in [-0.1, -0.05) is 22.9 Å². The van der Waals surface area contributed by atoms with Gasteiger partial charge in [-0.3, -0.25) is 4.79 Å². The third-order valence-electron chi connectivity index (χ3n) is 2.25. The molecule has 0 bridgehead atoms. The molecule has 1 aromatic rings. The van der Waals surface area contributed by atoms with Crippen LogP contribution in [0.5, 0.6) is 0 Å². The zero-order chi connectivity index (χ0) is 11.6. The Morgan fingerprint density at radius 2 is 2.20 bits per heavy atom. The number of amides is 1. The molecule has 4 heteroatoms. The molecule has 0 aliphatic carbocycles. The number of hydrogen-bond donors (Lipinski definition) is 0. The highest BCUT2D eigenvalue weighted by Crippen LogP contribution is 2.21. The Kier molecular flexibility index (Phi) is 4.34. The molecule has 0 aromatic carbocycles. The highest BCUT2D eigenvalue weighted by Gasteiger charge is 2.15. The second kappa shape index (κ2) is 5.12. The number of halogens is 1. The van der Waals surface area contributed by atoms with Gasteiger partial charge in [0, 0.05) is 23.3 Å². The van der Waals surface area contributed by atoms with Crippen LogP contribution in [0.3, 0.4) is 0 Å². The third kappa shape index (κ3) is 3.31. The molecule has 0 fully saturated rings. The first-order valence-corrected chi connectivity index (χ1v) is 6.61. The first kappa shape index (κ1) is 12.7. The van der Waals surface area contributed by atoms with E-state index in [1.54, 1.807) is 16.2 Å². The van der Waals surface area contributed by atoms with E-state index in [0.717, 1.165) is 11.4 Å². The number of nitrogens with zero attached hydrogens (tertiary/aromatic N) is 1. The van der Waals surface area contributed by atoms with Gasteiger partial charge in [0.1, 0.15) is 0 Å². The molecule has 84 valence electrons. The Labute approximate surface area is 103 Å². The van der Waals surface area contributed by atoms with E-state index in [9.17, 15) is 4.79 Å². The molecule has 0 aliphatic heterocycles. The largest absolute Gasteiger partial charge is 0.340 e. The lowest BCUT2D eigenvalue weighted by Crippen LogP contribution is -2.30. The van der Waals surface area contributed by atoms with Crippen molar-refractivity contribution in [2.75, 3.05) is 13.6 Å². The summed E-state index contributed by atoms with van der Waals surface area (Å²) < 4.78 is 0. The normalized spacial score (nSPS) is 12.6. The average molecular weight is 290 g/mol. The van der Waals surface area contributed by atoms with Crippen LogP contribution in [0.25, 0.3) is 0 Å². The van der Waals surface area contributed by atoms with Crippen LogP contribution in [0.15, 0.2) is 6.07 Å². The SMILES string of the molecule is Cc1cc(C(=O)N(C)CC(C)Br)sc1C. The first-order valence-electron chi connectivity index (χ1n) is 4.88.